The Morgan fingerprint density at radius 2 is 2.00 bits per heavy atom. The molecule has 0 fully saturated rings. The van der Waals surface area contributed by atoms with Crippen LogP contribution >= 0.6 is 0 Å². The molecule has 1 N–H and O–H groups in total. The Hall–Kier alpha value is -3.62. The van der Waals surface area contributed by atoms with E-state index in [0.717, 1.165) is 18.2 Å². The fourth-order valence-corrected chi connectivity index (χ4v) is 2.24. The Labute approximate surface area is 145 Å². The summed E-state index contributed by atoms with van der Waals surface area (Å²) in [6.45, 7) is -0.0339. The van der Waals surface area contributed by atoms with E-state index < -0.39 is 22.5 Å². The minimum Gasteiger partial charge on any atom is -0.356 e. The van der Waals surface area contributed by atoms with E-state index in [-0.39, 0.29) is 29.1 Å². The minimum absolute atomic E-state index is 0.0339. The molecule has 0 saturated heterocycles. The topological polar surface area (TPSA) is 98.3 Å². The van der Waals surface area contributed by atoms with Gasteiger partial charge in [0, 0.05) is 29.8 Å². The molecule has 0 unspecified atom stereocenters. The van der Waals surface area contributed by atoms with Gasteiger partial charge in [0.2, 0.25) is 0 Å². The number of hydrogen-bond acceptors (Lipinski definition) is 5. The number of non-ortho nitro benzene ring substituents is 1. The minimum atomic E-state index is -0.798. The molecular formula is C17H11F2N3O4. The maximum atomic E-state index is 13.7. The van der Waals surface area contributed by atoms with Crippen molar-refractivity contribution in [2.75, 3.05) is 0 Å². The number of amides is 1. The second-order valence-corrected chi connectivity index (χ2v) is 5.30. The quantitative estimate of drug-likeness (QED) is 0.556. The van der Waals surface area contributed by atoms with Crippen LogP contribution in [0.2, 0.25) is 0 Å². The van der Waals surface area contributed by atoms with Crippen molar-refractivity contribution in [2.45, 2.75) is 6.54 Å². The van der Waals surface area contributed by atoms with Crippen LogP contribution in [0.3, 0.4) is 0 Å². The first kappa shape index (κ1) is 17.2. The monoisotopic (exact) mass is 359 g/mol. The Morgan fingerprint density at radius 1 is 1.19 bits per heavy atom. The number of carbonyl (C=O) groups is 1. The van der Waals surface area contributed by atoms with Gasteiger partial charge >= 0.3 is 0 Å². The van der Waals surface area contributed by atoms with Crippen molar-refractivity contribution < 1.29 is 23.0 Å². The number of nitro benzene ring substituents is 1. The van der Waals surface area contributed by atoms with E-state index in [0.29, 0.717) is 5.69 Å². The average molecular weight is 359 g/mol. The van der Waals surface area contributed by atoms with Crippen molar-refractivity contribution >= 4 is 11.6 Å². The van der Waals surface area contributed by atoms with Gasteiger partial charge in [-0.3, -0.25) is 14.9 Å². The average Bonchev–Trinajstić information content (AvgIpc) is 3.08. The number of aromatic nitrogens is 1. The van der Waals surface area contributed by atoms with Gasteiger partial charge in [-0.05, 0) is 18.2 Å². The number of nitrogens with one attached hydrogen (secondary N) is 1. The predicted octanol–water partition coefficient (Wildman–Crippen LogP) is 3.46. The second kappa shape index (κ2) is 7.09. The number of rotatable bonds is 5. The molecule has 9 heteroatoms. The zero-order valence-corrected chi connectivity index (χ0v) is 13.1. The van der Waals surface area contributed by atoms with E-state index in [4.69, 9.17) is 4.52 Å². The van der Waals surface area contributed by atoms with E-state index in [2.05, 4.69) is 10.5 Å². The Kier molecular flexibility index (Phi) is 4.70. The van der Waals surface area contributed by atoms with Gasteiger partial charge in [0.1, 0.15) is 17.3 Å². The van der Waals surface area contributed by atoms with Gasteiger partial charge in [0.15, 0.2) is 5.76 Å². The molecule has 0 atom stereocenters. The second-order valence-electron chi connectivity index (χ2n) is 5.30. The number of nitro groups is 1. The summed E-state index contributed by atoms with van der Waals surface area (Å²) in [4.78, 5) is 22.2. The predicted molar refractivity (Wildman–Crippen MR) is 86.1 cm³/mol. The molecule has 0 radical (unpaired) electrons. The summed E-state index contributed by atoms with van der Waals surface area (Å²) in [6.07, 6.45) is 0. The molecule has 0 aliphatic rings. The van der Waals surface area contributed by atoms with Gasteiger partial charge in [0.25, 0.3) is 11.6 Å². The summed E-state index contributed by atoms with van der Waals surface area (Å²) in [5.41, 5.74) is 0.262. The van der Waals surface area contributed by atoms with E-state index in [1.807, 2.05) is 0 Å². The first-order chi connectivity index (χ1) is 12.4. The molecule has 3 rings (SSSR count). The molecule has 1 heterocycles. The molecule has 0 saturated carbocycles. The van der Waals surface area contributed by atoms with Crippen molar-refractivity contribution in [3.05, 3.63) is 81.5 Å². The van der Waals surface area contributed by atoms with Crippen LogP contribution in [-0.4, -0.2) is 16.0 Å². The van der Waals surface area contributed by atoms with Crippen molar-refractivity contribution in [3.63, 3.8) is 0 Å². The third-order valence-electron chi connectivity index (χ3n) is 3.50. The van der Waals surface area contributed by atoms with Crippen LogP contribution in [0.4, 0.5) is 14.5 Å². The van der Waals surface area contributed by atoms with Crippen LogP contribution < -0.4 is 5.32 Å². The number of carbonyl (C=O) groups excluding carboxylic acids is 1. The largest absolute Gasteiger partial charge is 0.356 e. The number of nitrogens with zero attached hydrogens (tertiary/aromatic N) is 2. The zero-order valence-electron chi connectivity index (χ0n) is 13.1. The van der Waals surface area contributed by atoms with Gasteiger partial charge in [-0.15, -0.1) is 0 Å². The summed E-state index contributed by atoms with van der Waals surface area (Å²) >= 11 is 0. The highest BCUT2D eigenvalue weighted by Gasteiger charge is 2.14. The van der Waals surface area contributed by atoms with Crippen LogP contribution in [0.1, 0.15) is 16.1 Å². The van der Waals surface area contributed by atoms with Crippen LogP contribution in [0.25, 0.3) is 11.3 Å². The standard InChI is InChI=1S/C17H11F2N3O4/c18-11-4-5-14(15(19)7-11)16-8-12(21-26-16)9-20-17(23)10-2-1-3-13(6-10)22(24)25/h1-8H,9H2,(H,20,23). The van der Waals surface area contributed by atoms with Crippen molar-refractivity contribution in [3.8, 4) is 11.3 Å². The van der Waals surface area contributed by atoms with Crippen molar-refractivity contribution in [2.24, 2.45) is 0 Å². The van der Waals surface area contributed by atoms with Gasteiger partial charge in [-0.1, -0.05) is 11.2 Å². The molecule has 0 aliphatic carbocycles. The summed E-state index contributed by atoms with van der Waals surface area (Å²) < 4.78 is 31.7. The van der Waals surface area contributed by atoms with E-state index in [1.54, 1.807) is 0 Å². The first-order valence-corrected chi connectivity index (χ1v) is 7.38. The van der Waals surface area contributed by atoms with Crippen LogP contribution in [-0.2, 0) is 6.54 Å². The normalized spacial score (nSPS) is 10.5. The zero-order chi connectivity index (χ0) is 18.7. The van der Waals surface area contributed by atoms with Crippen LogP contribution in [0, 0.1) is 21.7 Å². The number of halogens is 2. The van der Waals surface area contributed by atoms with Crippen LogP contribution in [0.15, 0.2) is 53.1 Å². The van der Waals surface area contributed by atoms with E-state index >= 15 is 0 Å². The molecule has 7 nitrogen and oxygen atoms in total. The molecule has 2 aromatic carbocycles. The molecule has 0 bridgehead atoms. The maximum Gasteiger partial charge on any atom is 0.270 e. The molecule has 1 amide bonds. The lowest BCUT2D eigenvalue weighted by atomic mass is 10.1. The molecule has 132 valence electrons. The smallest absolute Gasteiger partial charge is 0.270 e. The van der Waals surface area contributed by atoms with Gasteiger partial charge in [-0.25, -0.2) is 8.78 Å². The highest BCUT2D eigenvalue weighted by Crippen LogP contribution is 2.24. The van der Waals surface area contributed by atoms with E-state index in [1.165, 1.54) is 30.3 Å². The maximum absolute atomic E-state index is 13.7. The van der Waals surface area contributed by atoms with Crippen molar-refractivity contribution in [1.82, 2.24) is 10.5 Å². The molecule has 3 aromatic rings. The lowest BCUT2D eigenvalue weighted by molar-refractivity contribution is -0.384. The number of benzene rings is 2. The van der Waals surface area contributed by atoms with Crippen LogP contribution in [0.5, 0.6) is 0 Å². The fourth-order valence-electron chi connectivity index (χ4n) is 2.24. The molecule has 1 aromatic heterocycles. The van der Waals surface area contributed by atoms with Gasteiger partial charge < -0.3 is 9.84 Å². The molecule has 0 spiro atoms. The Balaban J connectivity index is 1.69. The van der Waals surface area contributed by atoms with E-state index in [9.17, 15) is 23.7 Å². The Bertz CT molecular complexity index is 988. The summed E-state index contributed by atoms with van der Waals surface area (Å²) in [5, 5.41) is 17.0. The lowest BCUT2D eigenvalue weighted by Gasteiger charge is -2.02. The summed E-state index contributed by atoms with van der Waals surface area (Å²) in [5.74, 6) is -1.96. The van der Waals surface area contributed by atoms with Crippen molar-refractivity contribution in [1.29, 1.82) is 0 Å². The molecule has 26 heavy (non-hydrogen) atoms. The first-order valence-electron chi connectivity index (χ1n) is 7.38. The van der Waals surface area contributed by atoms with Gasteiger partial charge in [0.05, 0.1) is 17.0 Å². The SMILES string of the molecule is O=C(NCc1cc(-c2ccc(F)cc2F)on1)c1cccc([N+](=O)[O-])c1. The fraction of sp³-hybridized carbons (Fsp3) is 0.0588. The lowest BCUT2D eigenvalue weighted by Crippen LogP contribution is -2.22. The third-order valence-corrected chi connectivity index (χ3v) is 3.50. The third kappa shape index (κ3) is 3.72. The number of hydrogen-bond donors (Lipinski definition) is 1. The summed E-state index contributed by atoms with van der Waals surface area (Å²) in [6, 6.07) is 9.70. The summed E-state index contributed by atoms with van der Waals surface area (Å²) in [7, 11) is 0. The molecular weight excluding hydrogens is 348 g/mol. The Morgan fingerprint density at radius 3 is 2.73 bits per heavy atom. The highest BCUT2D eigenvalue weighted by molar-refractivity contribution is 5.94. The highest BCUT2D eigenvalue weighted by atomic mass is 19.1. The molecule has 0 aliphatic heterocycles. The van der Waals surface area contributed by atoms with Gasteiger partial charge in [-0.2, -0.15) is 0 Å².